The lowest BCUT2D eigenvalue weighted by molar-refractivity contribution is 0.541. The molecule has 0 atom stereocenters. The van der Waals surface area contributed by atoms with Crippen molar-refractivity contribution >= 4 is 10.0 Å². The summed E-state index contributed by atoms with van der Waals surface area (Å²) in [5.74, 6) is 0.437. The number of hydrogen-bond acceptors (Lipinski definition) is 4. The topological polar surface area (TPSA) is 81.1 Å². The molecule has 28 heavy (non-hydrogen) atoms. The molecule has 0 radical (unpaired) electrons. The third-order valence-electron chi connectivity index (χ3n) is 4.77. The van der Waals surface area contributed by atoms with Crippen LogP contribution in [0.15, 0.2) is 76.4 Å². The van der Waals surface area contributed by atoms with E-state index in [-0.39, 0.29) is 23.5 Å². The number of nitrogens with zero attached hydrogens (tertiary/aromatic N) is 2. The highest BCUT2D eigenvalue weighted by Gasteiger charge is 2.25. The average Bonchev–Trinajstić information content (AvgIpc) is 3.55. The first-order chi connectivity index (χ1) is 13.5. The summed E-state index contributed by atoms with van der Waals surface area (Å²) < 4.78 is 28.9. The molecular formula is C21H21N3O3S. The van der Waals surface area contributed by atoms with E-state index in [0.717, 1.165) is 29.7 Å². The highest BCUT2D eigenvalue weighted by atomic mass is 32.2. The summed E-state index contributed by atoms with van der Waals surface area (Å²) >= 11 is 0. The summed E-state index contributed by atoms with van der Waals surface area (Å²) in [5.41, 5.74) is 2.65. The van der Waals surface area contributed by atoms with Crippen molar-refractivity contribution in [2.45, 2.75) is 30.2 Å². The summed E-state index contributed by atoms with van der Waals surface area (Å²) in [6.07, 6.45) is 2.19. The van der Waals surface area contributed by atoms with Gasteiger partial charge in [0.2, 0.25) is 10.0 Å². The molecule has 3 aromatic rings. The molecule has 1 N–H and O–H groups in total. The van der Waals surface area contributed by atoms with Crippen LogP contribution in [0, 0.1) is 0 Å². The third-order valence-corrected chi connectivity index (χ3v) is 6.25. The monoisotopic (exact) mass is 395 g/mol. The van der Waals surface area contributed by atoms with Gasteiger partial charge in [-0.2, -0.15) is 5.10 Å². The fourth-order valence-electron chi connectivity index (χ4n) is 3.05. The molecule has 1 aliphatic carbocycles. The van der Waals surface area contributed by atoms with E-state index >= 15 is 0 Å². The van der Waals surface area contributed by atoms with E-state index in [1.165, 1.54) is 10.7 Å². The minimum Gasteiger partial charge on any atom is -0.268 e. The Balaban J connectivity index is 1.42. The molecule has 0 amide bonds. The highest BCUT2D eigenvalue weighted by molar-refractivity contribution is 7.89. The molecule has 0 aliphatic heterocycles. The van der Waals surface area contributed by atoms with Crippen LogP contribution in [-0.4, -0.2) is 24.7 Å². The Morgan fingerprint density at radius 3 is 2.29 bits per heavy atom. The first-order valence-electron chi connectivity index (χ1n) is 9.26. The minimum atomic E-state index is -3.65. The van der Waals surface area contributed by atoms with Crippen LogP contribution in [0.1, 0.15) is 24.5 Å². The first kappa shape index (κ1) is 18.6. The number of nitrogens with one attached hydrogen (secondary N) is 1. The molecule has 2 aromatic carbocycles. The first-order valence-corrected chi connectivity index (χ1v) is 10.7. The SMILES string of the molecule is O=c1ccc(C2CC2)nn1CCNS(=O)(=O)c1ccc(-c2ccccc2)cc1. The smallest absolute Gasteiger partial charge is 0.266 e. The van der Waals surface area contributed by atoms with Crippen molar-refractivity contribution in [1.29, 1.82) is 0 Å². The third kappa shape index (κ3) is 4.21. The van der Waals surface area contributed by atoms with Gasteiger partial charge in [-0.1, -0.05) is 42.5 Å². The van der Waals surface area contributed by atoms with E-state index in [1.807, 2.05) is 30.3 Å². The lowest BCUT2D eigenvalue weighted by Gasteiger charge is -2.09. The molecule has 0 spiro atoms. The second-order valence-corrected chi connectivity index (χ2v) is 8.65. The van der Waals surface area contributed by atoms with Crippen LogP contribution in [0.25, 0.3) is 11.1 Å². The van der Waals surface area contributed by atoms with Gasteiger partial charge in [-0.3, -0.25) is 4.79 Å². The zero-order valence-corrected chi connectivity index (χ0v) is 16.1. The highest BCUT2D eigenvalue weighted by Crippen LogP contribution is 2.38. The van der Waals surface area contributed by atoms with Gasteiger partial charge in [0.1, 0.15) is 0 Å². The molecule has 6 nitrogen and oxygen atoms in total. The van der Waals surface area contributed by atoms with Gasteiger partial charge in [0.25, 0.3) is 5.56 Å². The predicted octanol–water partition coefficient (Wildman–Crippen LogP) is 2.77. The Morgan fingerprint density at radius 2 is 1.61 bits per heavy atom. The molecule has 144 valence electrons. The fraction of sp³-hybridized carbons (Fsp3) is 0.238. The van der Waals surface area contributed by atoms with Crippen LogP contribution in [0.2, 0.25) is 0 Å². The van der Waals surface area contributed by atoms with Crippen LogP contribution in [0.3, 0.4) is 0 Å². The molecule has 4 rings (SSSR count). The second kappa shape index (κ2) is 7.69. The zero-order valence-electron chi connectivity index (χ0n) is 15.3. The van der Waals surface area contributed by atoms with Crippen molar-refractivity contribution < 1.29 is 8.42 Å². The molecule has 7 heteroatoms. The number of hydrogen-bond donors (Lipinski definition) is 1. The van der Waals surface area contributed by atoms with Gasteiger partial charge < -0.3 is 0 Å². The molecular weight excluding hydrogens is 374 g/mol. The van der Waals surface area contributed by atoms with E-state index in [0.29, 0.717) is 5.92 Å². The molecule has 1 fully saturated rings. The van der Waals surface area contributed by atoms with Crippen molar-refractivity contribution in [2.75, 3.05) is 6.54 Å². The van der Waals surface area contributed by atoms with Crippen LogP contribution < -0.4 is 10.3 Å². The Bertz CT molecular complexity index is 1120. The van der Waals surface area contributed by atoms with Gasteiger partial charge in [-0.25, -0.2) is 17.8 Å². The van der Waals surface area contributed by atoms with Crippen molar-refractivity contribution in [2.24, 2.45) is 0 Å². The molecule has 0 bridgehead atoms. The lowest BCUT2D eigenvalue weighted by atomic mass is 10.1. The summed E-state index contributed by atoms with van der Waals surface area (Å²) in [6, 6.07) is 19.8. The van der Waals surface area contributed by atoms with E-state index < -0.39 is 10.0 Å². The Labute approximate surface area is 163 Å². The predicted molar refractivity (Wildman–Crippen MR) is 108 cm³/mol. The van der Waals surface area contributed by atoms with Gasteiger partial charge in [0, 0.05) is 18.5 Å². The molecule has 1 aromatic heterocycles. The molecule has 1 saturated carbocycles. The van der Waals surface area contributed by atoms with Crippen LogP contribution in [0.4, 0.5) is 0 Å². The van der Waals surface area contributed by atoms with Crippen molar-refractivity contribution in [3.8, 4) is 11.1 Å². The van der Waals surface area contributed by atoms with Crippen molar-refractivity contribution in [1.82, 2.24) is 14.5 Å². The number of benzene rings is 2. The van der Waals surface area contributed by atoms with Crippen molar-refractivity contribution in [3.63, 3.8) is 0 Å². The summed E-state index contributed by atoms with van der Waals surface area (Å²) in [7, 11) is -3.65. The summed E-state index contributed by atoms with van der Waals surface area (Å²) in [6.45, 7) is 0.296. The average molecular weight is 395 g/mol. The molecule has 1 heterocycles. The van der Waals surface area contributed by atoms with Gasteiger partial charge in [0.15, 0.2) is 0 Å². The van der Waals surface area contributed by atoms with Gasteiger partial charge in [-0.05, 0) is 42.2 Å². The number of aromatic nitrogens is 2. The largest absolute Gasteiger partial charge is 0.268 e. The number of rotatable bonds is 7. The maximum Gasteiger partial charge on any atom is 0.266 e. The van der Waals surface area contributed by atoms with E-state index in [9.17, 15) is 13.2 Å². The Kier molecular flexibility index (Phi) is 5.11. The van der Waals surface area contributed by atoms with Crippen LogP contribution in [-0.2, 0) is 16.6 Å². The maximum absolute atomic E-state index is 12.5. The van der Waals surface area contributed by atoms with E-state index in [2.05, 4.69) is 9.82 Å². The van der Waals surface area contributed by atoms with E-state index in [1.54, 1.807) is 30.3 Å². The normalized spacial score (nSPS) is 14.1. The van der Waals surface area contributed by atoms with Gasteiger partial charge in [0.05, 0.1) is 17.1 Å². The second-order valence-electron chi connectivity index (χ2n) is 6.88. The van der Waals surface area contributed by atoms with Crippen molar-refractivity contribution in [3.05, 3.63) is 82.8 Å². The molecule has 1 aliphatic rings. The Morgan fingerprint density at radius 1 is 0.929 bits per heavy atom. The van der Waals surface area contributed by atoms with E-state index in [4.69, 9.17) is 0 Å². The molecule has 0 saturated heterocycles. The summed E-state index contributed by atoms with van der Waals surface area (Å²) in [5, 5.41) is 4.34. The Hall–Kier alpha value is -2.77. The van der Waals surface area contributed by atoms with Crippen LogP contribution >= 0.6 is 0 Å². The standard InChI is InChI=1S/C21H21N3O3S/c25-21-13-12-20(18-6-7-18)23-24(21)15-14-22-28(26,27)19-10-8-17(9-11-19)16-4-2-1-3-5-16/h1-5,8-13,18,22H,6-7,14-15H2. The zero-order chi connectivity index (χ0) is 19.6. The number of sulfonamides is 1. The summed E-state index contributed by atoms with van der Waals surface area (Å²) in [4.78, 5) is 12.1. The minimum absolute atomic E-state index is 0.101. The van der Waals surface area contributed by atoms with Gasteiger partial charge >= 0.3 is 0 Å². The lowest BCUT2D eigenvalue weighted by Crippen LogP contribution is -2.32. The fourth-order valence-corrected chi connectivity index (χ4v) is 4.07. The maximum atomic E-state index is 12.5. The van der Waals surface area contributed by atoms with Crippen LogP contribution in [0.5, 0.6) is 0 Å². The van der Waals surface area contributed by atoms with Gasteiger partial charge in [-0.15, -0.1) is 0 Å². The molecule has 0 unspecified atom stereocenters. The quantitative estimate of drug-likeness (QED) is 0.667.